The second-order valence-corrected chi connectivity index (χ2v) is 4.91. The van der Waals surface area contributed by atoms with Crippen molar-refractivity contribution in [2.75, 3.05) is 5.32 Å². The van der Waals surface area contributed by atoms with Gasteiger partial charge in [-0.05, 0) is 18.8 Å². The van der Waals surface area contributed by atoms with Crippen molar-refractivity contribution in [1.82, 2.24) is 10.2 Å². The van der Waals surface area contributed by atoms with Crippen LogP contribution in [0, 0.1) is 5.92 Å². The van der Waals surface area contributed by atoms with Gasteiger partial charge in [0.2, 0.25) is 5.91 Å². The van der Waals surface area contributed by atoms with Crippen molar-refractivity contribution in [2.45, 2.75) is 51.4 Å². The van der Waals surface area contributed by atoms with Crippen LogP contribution in [0.5, 0.6) is 0 Å². The normalized spacial score (nSPS) is 16.9. The molecule has 0 bridgehead atoms. The zero-order chi connectivity index (χ0) is 11.9. The van der Waals surface area contributed by atoms with E-state index in [4.69, 9.17) is 0 Å². The summed E-state index contributed by atoms with van der Waals surface area (Å²) >= 11 is 0. The molecule has 1 aromatic rings. The van der Waals surface area contributed by atoms with Crippen LogP contribution in [0.15, 0.2) is 12.3 Å². The van der Waals surface area contributed by atoms with E-state index in [1.165, 1.54) is 38.5 Å². The third-order valence-electron chi connectivity index (χ3n) is 3.52. The second kappa shape index (κ2) is 6.42. The highest BCUT2D eigenvalue weighted by Gasteiger charge is 2.13. The number of amides is 1. The van der Waals surface area contributed by atoms with Crippen LogP contribution in [0.2, 0.25) is 0 Å². The predicted octanol–water partition coefficient (Wildman–Crippen LogP) is 3.10. The van der Waals surface area contributed by atoms with E-state index in [0.29, 0.717) is 12.2 Å². The highest BCUT2D eigenvalue weighted by atomic mass is 16.1. The van der Waals surface area contributed by atoms with Gasteiger partial charge < -0.3 is 5.32 Å². The number of carbonyl (C=O) groups excluding carboxylic acids is 1. The maximum atomic E-state index is 11.6. The molecule has 0 saturated heterocycles. The quantitative estimate of drug-likeness (QED) is 0.824. The molecule has 1 aliphatic carbocycles. The van der Waals surface area contributed by atoms with Crippen LogP contribution in [0.3, 0.4) is 0 Å². The Labute approximate surface area is 102 Å². The van der Waals surface area contributed by atoms with Crippen molar-refractivity contribution in [2.24, 2.45) is 5.92 Å². The molecule has 0 radical (unpaired) electrons. The molecule has 1 heterocycles. The van der Waals surface area contributed by atoms with E-state index in [0.717, 1.165) is 12.3 Å². The van der Waals surface area contributed by atoms with E-state index in [1.54, 1.807) is 12.3 Å². The van der Waals surface area contributed by atoms with Crippen LogP contribution in [-0.2, 0) is 4.79 Å². The fourth-order valence-electron chi connectivity index (χ4n) is 2.57. The summed E-state index contributed by atoms with van der Waals surface area (Å²) in [5.41, 5.74) is 0. The van der Waals surface area contributed by atoms with Crippen molar-refractivity contribution in [3.05, 3.63) is 12.3 Å². The molecule has 0 spiro atoms. The van der Waals surface area contributed by atoms with Crippen LogP contribution in [-0.4, -0.2) is 16.1 Å². The molecule has 0 aliphatic heterocycles. The number of nitrogens with zero attached hydrogens (tertiary/aromatic N) is 1. The molecule has 1 aliphatic rings. The first-order valence-corrected chi connectivity index (χ1v) is 6.64. The van der Waals surface area contributed by atoms with Crippen molar-refractivity contribution in [3.8, 4) is 0 Å². The number of aromatic nitrogens is 2. The number of H-pyrrole nitrogens is 1. The van der Waals surface area contributed by atoms with Gasteiger partial charge in [-0.2, -0.15) is 5.10 Å². The fraction of sp³-hybridized carbons (Fsp3) is 0.692. The van der Waals surface area contributed by atoms with E-state index in [-0.39, 0.29) is 5.91 Å². The van der Waals surface area contributed by atoms with Crippen LogP contribution < -0.4 is 5.32 Å². The summed E-state index contributed by atoms with van der Waals surface area (Å²) in [6.07, 6.45) is 11.4. The molecule has 1 aromatic heterocycles. The zero-order valence-electron chi connectivity index (χ0n) is 10.2. The third kappa shape index (κ3) is 4.21. The first-order chi connectivity index (χ1) is 8.34. The molecular weight excluding hydrogens is 214 g/mol. The summed E-state index contributed by atoms with van der Waals surface area (Å²) in [6, 6.07) is 1.76. The topological polar surface area (TPSA) is 57.8 Å². The first kappa shape index (κ1) is 12.1. The molecular formula is C13H21N3O. The summed E-state index contributed by atoms with van der Waals surface area (Å²) in [7, 11) is 0. The van der Waals surface area contributed by atoms with Crippen LogP contribution in [0.4, 0.5) is 5.82 Å². The number of hydrogen-bond acceptors (Lipinski definition) is 2. The SMILES string of the molecule is O=C(CCCC1CCCCC1)Nc1ccn[nH]1. The van der Waals surface area contributed by atoms with Gasteiger partial charge in [-0.25, -0.2) is 0 Å². The molecule has 0 atom stereocenters. The molecule has 17 heavy (non-hydrogen) atoms. The summed E-state index contributed by atoms with van der Waals surface area (Å²) in [5, 5.41) is 9.32. The number of anilines is 1. The molecule has 1 amide bonds. The predicted molar refractivity (Wildman–Crippen MR) is 67.6 cm³/mol. The van der Waals surface area contributed by atoms with Gasteiger partial charge in [0, 0.05) is 12.5 Å². The van der Waals surface area contributed by atoms with Crippen LogP contribution in [0.1, 0.15) is 51.4 Å². The Bertz CT molecular complexity index is 328. The molecule has 0 aromatic carbocycles. The van der Waals surface area contributed by atoms with Crippen molar-refractivity contribution < 1.29 is 4.79 Å². The lowest BCUT2D eigenvalue weighted by Gasteiger charge is -2.21. The summed E-state index contributed by atoms with van der Waals surface area (Å²) < 4.78 is 0. The number of carbonyl (C=O) groups is 1. The molecule has 2 rings (SSSR count). The van der Waals surface area contributed by atoms with Gasteiger partial charge in [0.1, 0.15) is 5.82 Å². The van der Waals surface area contributed by atoms with Crippen LogP contribution in [0.25, 0.3) is 0 Å². The molecule has 4 heteroatoms. The Morgan fingerprint density at radius 1 is 1.41 bits per heavy atom. The Balaban J connectivity index is 1.59. The van der Waals surface area contributed by atoms with Crippen molar-refractivity contribution >= 4 is 11.7 Å². The Morgan fingerprint density at radius 2 is 2.24 bits per heavy atom. The minimum atomic E-state index is 0.0880. The number of rotatable bonds is 5. The van der Waals surface area contributed by atoms with Crippen LogP contribution >= 0.6 is 0 Å². The van der Waals surface area contributed by atoms with Crippen molar-refractivity contribution in [1.29, 1.82) is 0 Å². The monoisotopic (exact) mass is 235 g/mol. The molecule has 1 fully saturated rings. The molecule has 0 unspecified atom stereocenters. The molecule has 1 saturated carbocycles. The maximum Gasteiger partial charge on any atom is 0.225 e. The highest BCUT2D eigenvalue weighted by Crippen LogP contribution is 2.27. The van der Waals surface area contributed by atoms with Crippen molar-refractivity contribution in [3.63, 3.8) is 0 Å². The lowest BCUT2D eigenvalue weighted by atomic mass is 9.86. The lowest BCUT2D eigenvalue weighted by molar-refractivity contribution is -0.116. The van der Waals surface area contributed by atoms with Gasteiger partial charge in [-0.15, -0.1) is 0 Å². The first-order valence-electron chi connectivity index (χ1n) is 6.64. The van der Waals surface area contributed by atoms with E-state index in [2.05, 4.69) is 15.5 Å². The van der Waals surface area contributed by atoms with Gasteiger partial charge in [0.15, 0.2) is 0 Å². The Hall–Kier alpha value is -1.32. The minimum Gasteiger partial charge on any atom is -0.311 e. The molecule has 94 valence electrons. The van der Waals surface area contributed by atoms with E-state index in [1.807, 2.05) is 0 Å². The smallest absolute Gasteiger partial charge is 0.225 e. The van der Waals surface area contributed by atoms with E-state index < -0.39 is 0 Å². The summed E-state index contributed by atoms with van der Waals surface area (Å²) in [5.74, 6) is 1.64. The fourth-order valence-corrected chi connectivity index (χ4v) is 2.57. The standard InChI is InChI=1S/C13H21N3O/c17-13(15-12-9-10-14-16-12)8-4-7-11-5-2-1-3-6-11/h9-11H,1-8H2,(H2,14,15,16,17). The summed E-state index contributed by atoms with van der Waals surface area (Å²) in [4.78, 5) is 11.6. The average molecular weight is 235 g/mol. The molecule has 2 N–H and O–H groups in total. The largest absolute Gasteiger partial charge is 0.311 e. The highest BCUT2D eigenvalue weighted by molar-refractivity contribution is 5.89. The third-order valence-corrected chi connectivity index (χ3v) is 3.52. The average Bonchev–Trinajstić information content (AvgIpc) is 2.83. The Kier molecular flexibility index (Phi) is 4.59. The van der Waals surface area contributed by atoms with E-state index >= 15 is 0 Å². The van der Waals surface area contributed by atoms with E-state index in [9.17, 15) is 4.79 Å². The van der Waals surface area contributed by atoms with Gasteiger partial charge in [0.05, 0.1) is 6.20 Å². The van der Waals surface area contributed by atoms with Gasteiger partial charge in [-0.1, -0.05) is 32.1 Å². The number of aromatic amines is 1. The second-order valence-electron chi connectivity index (χ2n) is 4.91. The number of hydrogen-bond donors (Lipinski definition) is 2. The van der Waals surface area contributed by atoms with Gasteiger partial charge in [-0.3, -0.25) is 9.89 Å². The maximum absolute atomic E-state index is 11.6. The number of nitrogens with one attached hydrogen (secondary N) is 2. The molecule has 4 nitrogen and oxygen atoms in total. The Morgan fingerprint density at radius 3 is 2.94 bits per heavy atom. The minimum absolute atomic E-state index is 0.0880. The summed E-state index contributed by atoms with van der Waals surface area (Å²) in [6.45, 7) is 0. The van der Waals surface area contributed by atoms with Gasteiger partial charge in [0.25, 0.3) is 0 Å². The zero-order valence-corrected chi connectivity index (χ0v) is 10.2. The van der Waals surface area contributed by atoms with Gasteiger partial charge >= 0.3 is 0 Å². The lowest BCUT2D eigenvalue weighted by Crippen LogP contribution is -2.13.